The normalized spacial score (nSPS) is 33.5. The summed E-state index contributed by atoms with van der Waals surface area (Å²) in [5, 5.41) is 0. The Bertz CT molecular complexity index is 273. The van der Waals surface area contributed by atoms with Crippen LogP contribution in [0.15, 0.2) is 0 Å². The molecule has 0 aromatic rings. The number of halogens is 1. The monoisotopic (exact) mass is 367 g/mol. The number of hydrogen-bond acceptors (Lipinski definition) is 2. The molecular formula is C14H26INO2. The number of nitrogens with zero attached hydrogens (tertiary/aromatic N) is 1. The Morgan fingerprint density at radius 1 is 1.06 bits per heavy atom. The first kappa shape index (κ1) is 15.0. The Kier molecular flexibility index (Phi) is 4.95. The molecular weight excluding hydrogens is 341 g/mol. The van der Waals surface area contributed by atoms with Crippen LogP contribution in [0.3, 0.4) is 0 Å². The topological polar surface area (TPSA) is 18.5 Å². The Morgan fingerprint density at radius 2 is 1.72 bits per heavy atom. The largest absolute Gasteiger partial charge is 1.00 e. The van der Waals surface area contributed by atoms with Gasteiger partial charge in [0, 0.05) is 25.7 Å². The summed E-state index contributed by atoms with van der Waals surface area (Å²) in [5.41, 5.74) is 0. The van der Waals surface area contributed by atoms with Gasteiger partial charge in [0.05, 0.1) is 26.7 Å². The SMILES string of the molecule is C[N+]1(CC2COC3(CCCCC3)O2)CCCC1.[I-]. The first-order chi connectivity index (χ1) is 8.20. The highest BCUT2D eigenvalue weighted by Gasteiger charge is 2.45. The van der Waals surface area contributed by atoms with Gasteiger partial charge >= 0.3 is 0 Å². The highest BCUT2D eigenvalue weighted by atomic mass is 127. The average Bonchev–Trinajstić information content (AvgIpc) is 2.89. The van der Waals surface area contributed by atoms with Gasteiger partial charge in [-0.25, -0.2) is 0 Å². The number of likely N-dealkylation sites (tertiary alicyclic amines) is 1. The molecule has 0 bridgehead atoms. The van der Waals surface area contributed by atoms with Crippen LogP contribution in [-0.4, -0.2) is 49.7 Å². The zero-order valence-corrected chi connectivity index (χ0v) is 13.7. The third-order valence-corrected chi connectivity index (χ3v) is 4.82. The minimum absolute atomic E-state index is 0. The van der Waals surface area contributed by atoms with E-state index in [1.165, 1.54) is 49.7 Å². The van der Waals surface area contributed by atoms with E-state index in [1.807, 2.05) is 0 Å². The molecule has 2 saturated heterocycles. The molecule has 1 atom stereocenters. The Hall–Kier alpha value is 0.610. The van der Waals surface area contributed by atoms with Gasteiger partial charge in [0.15, 0.2) is 5.79 Å². The summed E-state index contributed by atoms with van der Waals surface area (Å²) in [4.78, 5) is 0. The predicted molar refractivity (Wildman–Crippen MR) is 66.7 cm³/mol. The number of rotatable bonds is 2. The minimum atomic E-state index is -0.179. The lowest BCUT2D eigenvalue weighted by atomic mass is 9.94. The first-order valence-electron chi connectivity index (χ1n) is 7.35. The lowest BCUT2D eigenvalue weighted by Crippen LogP contribution is -3.00. The highest BCUT2D eigenvalue weighted by molar-refractivity contribution is 4.82. The van der Waals surface area contributed by atoms with E-state index in [9.17, 15) is 0 Å². The number of hydrogen-bond donors (Lipinski definition) is 0. The van der Waals surface area contributed by atoms with Gasteiger partial charge in [-0.3, -0.25) is 0 Å². The summed E-state index contributed by atoms with van der Waals surface area (Å²) in [7, 11) is 2.38. The summed E-state index contributed by atoms with van der Waals surface area (Å²) in [6, 6.07) is 0. The van der Waals surface area contributed by atoms with Crippen LogP contribution in [-0.2, 0) is 9.47 Å². The van der Waals surface area contributed by atoms with Gasteiger partial charge in [0.25, 0.3) is 0 Å². The van der Waals surface area contributed by atoms with Crippen LogP contribution >= 0.6 is 0 Å². The van der Waals surface area contributed by atoms with E-state index in [-0.39, 0.29) is 29.8 Å². The third kappa shape index (κ3) is 3.19. The van der Waals surface area contributed by atoms with Crippen molar-refractivity contribution in [3.8, 4) is 0 Å². The molecule has 2 heterocycles. The molecule has 0 N–H and O–H groups in total. The van der Waals surface area contributed by atoms with Gasteiger partial charge in [0.1, 0.15) is 12.6 Å². The molecule has 0 aromatic carbocycles. The lowest BCUT2D eigenvalue weighted by Gasteiger charge is -2.34. The first-order valence-corrected chi connectivity index (χ1v) is 7.35. The van der Waals surface area contributed by atoms with E-state index < -0.39 is 0 Å². The van der Waals surface area contributed by atoms with Crippen LogP contribution < -0.4 is 24.0 Å². The van der Waals surface area contributed by atoms with E-state index >= 15 is 0 Å². The molecule has 0 radical (unpaired) electrons. The van der Waals surface area contributed by atoms with Crippen molar-refractivity contribution in [2.75, 3.05) is 33.3 Å². The van der Waals surface area contributed by atoms with Crippen LogP contribution in [0.25, 0.3) is 0 Å². The van der Waals surface area contributed by atoms with Crippen LogP contribution in [0.2, 0.25) is 0 Å². The smallest absolute Gasteiger partial charge is 0.169 e. The van der Waals surface area contributed by atoms with Crippen LogP contribution in [0.1, 0.15) is 44.9 Å². The van der Waals surface area contributed by atoms with Crippen molar-refractivity contribution in [3.05, 3.63) is 0 Å². The average molecular weight is 367 g/mol. The second-order valence-corrected chi connectivity index (χ2v) is 6.48. The summed E-state index contributed by atoms with van der Waals surface area (Å²) in [6.45, 7) is 4.63. The second-order valence-electron chi connectivity index (χ2n) is 6.48. The molecule has 3 rings (SSSR count). The predicted octanol–water partition coefficient (Wildman–Crippen LogP) is -0.693. The molecule has 1 unspecified atom stereocenters. The maximum absolute atomic E-state index is 6.28. The molecule has 18 heavy (non-hydrogen) atoms. The Morgan fingerprint density at radius 3 is 2.39 bits per heavy atom. The van der Waals surface area contributed by atoms with Crippen molar-refractivity contribution in [1.82, 2.24) is 0 Å². The molecule has 3 aliphatic rings. The molecule has 1 aliphatic carbocycles. The van der Waals surface area contributed by atoms with E-state index in [4.69, 9.17) is 9.47 Å². The quantitative estimate of drug-likeness (QED) is 0.475. The maximum Gasteiger partial charge on any atom is 0.169 e. The molecule has 0 aromatic heterocycles. The molecule has 3 nitrogen and oxygen atoms in total. The van der Waals surface area contributed by atoms with E-state index in [2.05, 4.69) is 7.05 Å². The summed E-state index contributed by atoms with van der Waals surface area (Å²) < 4.78 is 13.5. The molecule has 4 heteroatoms. The minimum Gasteiger partial charge on any atom is -1.00 e. The van der Waals surface area contributed by atoms with Crippen molar-refractivity contribution in [2.24, 2.45) is 0 Å². The fourth-order valence-corrected chi connectivity index (χ4v) is 3.83. The summed E-state index contributed by atoms with van der Waals surface area (Å²) in [6.07, 6.45) is 9.26. The van der Waals surface area contributed by atoms with Crippen molar-refractivity contribution in [3.63, 3.8) is 0 Å². The second kappa shape index (κ2) is 5.94. The zero-order valence-electron chi connectivity index (χ0n) is 11.5. The Labute approximate surface area is 128 Å². The highest BCUT2D eigenvalue weighted by Crippen LogP contribution is 2.38. The number of ether oxygens (including phenoxy) is 2. The maximum atomic E-state index is 6.28. The van der Waals surface area contributed by atoms with Crippen molar-refractivity contribution in [1.29, 1.82) is 0 Å². The lowest BCUT2D eigenvalue weighted by molar-refractivity contribution is -0.900. The standard InChI is InChI=1S/C14H26NO2.HI/c1-15(9-5-6-10-15)11-13-12-16-14(17-13)7-3-2-4-8-14;/h13H,2-12H2,1H3;1H/q+1;/p-1. The van der Waals surface area contributed by atoms with Gasteiger partial charge in [0.2, 0.25) is 0 Å². The Balaban J connectivity index is 0.00000120. The summed E-state index contributed by atoms with van der Waals surface area (Å²) >= 11 is 0. The van der Waals surface area contributed by atoms with E-state index in [1.54, 1.807) is 0 Å². The van der Waals surface area contributed by atoms with Gasteiger partial charge in [-0.15, -0.1) is 0 Å². The van der Waals surface area contributed by atoms with Gasteiger partial charge in [-0.2, -0.15) is 0 Å². The van der Waals surface area contributed by atoms with Gasteiger partial charge < -0.3 is 37.9 Å². The van der Waals surface area contributed by atoms with Crippen LogP contribution in [0, 0.1) is 0 Å². The van der Waals surface area contributed by atoms with Crippen molar-refractivity contribution in [2.45, 2.75) is 56.8 Å². The van der Waals surface area contributed by atoms with Gasteiger partial charge in [-0.05, 0) is 12.8 Å². The fraction of sp³-hybridized carbons (Fsp3) is 1.00. The van der Waals surface area contributed by atoms with Crippen molar-refractivity contribution >= 4 is 0 Å². The zero-order chi connectivity index (χ0) is 11.8. The summed E-state index contributed by atoms with van der Waals surface area (Å²) in [5.74, 6) is -0.179. The molecule has 3 fully saturated rings. The van der Waals surface area contributed by atoms with E-state index in [0.717, 1.165) is 26.0 Å². The van der Waals surface area contributed by atoms with Crippen LogP contribution in [0.4, 0.5) is 0 Å². The fourth-order valence-electron chi connectivity index (χ4n) is 3.83. The van der Waals surface area contributed by atoms with E-state index in [0.29, 0.717) is 6.10 Å². The molecule has 1 spiro atoms. The molecule has 2 aliphatic heterocycles. The third-order valence-electron chi connectivity index (χ3n) is 4.82. The van der Waals surface area contributed by atoms with Crippen molar-refractivity contribution < 1.29 is 37.9 Å². The molecule has 106 valence electrons. The molecule has 0 amide bonds. The number of likely N-dealkylation sites (N-methyl/N-ethyl adjacent to an activating group) is 1. The van der Waals surface area contributed by atoms with Crippen LogP contribution in [0.5, 0.6) is 0 Å². The van der Waals surface area contributed by atoms with Gasteiger partial charge in [-0.1, -0.05) is 6.42 Å². The molecule has 1 saturated carbocycles. The number of quaternary nitrogens is 1.